The van der Waals surface area contributed by atoms with Crippen molar-refractivity contribution in [1.29, 1.82) is 0 Å². The Morgan fingerprint density at radius 1 is 1.00 bits per heavy atom. The number of carbonyl (C=O) groups is 2. The molecule has 3 rings (SSSR count). The maximum atomic E-state index is 12.6. The van der Waals surface area contributed by atoms with Gasteiger partial charge in [-0.25, -0.2) is 4.98 Å². The van der Waals surface area contributed by atoms with Crippen molar-refractivity contribution in [2.45, 2.75) is 6.36 Å². The molecule has 0 atom stereocenters. The second kappa shape index (κ2) is 6.17. The van der Waals surface area contributed by atoms with Crippen LogP contribution < -0.4 is 10.5 Å². The highest BCUT2D eigenvalue weighted by atomic mass is 19.4. The molecule has 2 N–H and O–H groups in total. The average molecular weight is 364 g/mol. The van der Waals surface area contributed by atoms with Gasteiger partial charge < -0.3 is 15.2 Å². The van der Waals surface area contributed by atoms with Crippen LogP contribution in [-0.4, -0.2) is 30.0 Å². The lowest BCUT2D eigenvalue weighted by atomic mass is 9.95. The molecule has 0 fully saturated rings. The topological polar surface area (TPSA) is 91.5 Å². The third kappa shape index (κ3) is 2.99. The summed E-state index contributed by atoms with van der Waals surface area (Å²) in [5, 5.41) is 0. The Labute approximate surface area is 145 Å². The molecule has 1 aliphatic carbocycles. The van der Waals surface area contributed by atoms with Crippen molar-refractivity contribution in [3.05, 3.63) is 59.1 Å². The fraction of sp³-hybridized carbons (Fsp3) is 0.118. The van der Waals surface area contributed by atoms with Gasteiger partial charge in [-0.3, -0.25) is 9.59 Å². The van der Waals surface area contributed by atoms with Crippen molar-refractivity contribution < 1.29 is 32.2 Å². The molecule has 6 nitrogen and oxygen atoms in total. The largest absolute Gasteiger partial charge is 0.573 e. The smallest absolute Gasteiger partial charge is 0.491 e. The van der Waals surface area contributed by atoms with Crippen molar-refractivity contribution in [3.8, 4) is 17.0 Å². The van der Waals surface area contributed by atoms with Gasteiger partial charge in [0.2, 0.25) is 11.6 Å². The third-order valence-corrected chi connectivity index (χ3v) is 3.64. The van der Waals surface area contributed by atoms with Crippen LogP contribution in [0.1, 0.15) is 20.8 Å². The highest BCUT2D eigenvalue weighted by Crippen LogP contribution is 2.34. The number of ketones is 2. The fourth-order valence-corrected chi connectivity index (χ4v) is 2.54. The standard InChI is InChI=1S/C17H11F3N2O4/c1-25-16-12(21)15(24)13-9(14(16)23)6-7-10(22-13)8-4-2-3-5-11(8)26-17(18,19)20/h2-7H,21H2,1H3. The number of hydrogen-bond donors (Lipinski definition) is 1. The Hall–Kier alpha value is -3.36. The molecule has 0 unspecified atom stereocenters. The minimum Gasteiger partial charge on any atom is -0.491 e. The number of ether oxygens (including phenoxy) is 2. The van der Waals surface area contributed by atoms with Crippen molar-refractivity contribution in [1.82, 2.24) is 4.98 Å². The molecule has 0 bridgehead atoms. The predicted octanol–water partition coefficient (Wildman–Crippen LogP) is 2.84. The zero-order valence-electron chi connectivity index (χ0n) is 13.3. The number of hydrogen-bond acceptors (Lipinski definition) is 6. The van der Waals surface area contributed by atoms with Crippen LogP contribution in [0, 0.1) is 0 Å². The van der Waals surface area contributed by atoms with E-state index in [4.69, 9.17) is 10.5 Å². The summed E-state index contributed by atoms with van der Waals surface area (Å²) in [7, 11) is 1.20. The van der Waals surface area contributed by atoms with E-state index >= 15 is 0 Å². The first-order valence-electron chi connectivity index (χ1n) is 7.22. The van der Waals surface area contributed by atoms with Crippen LogP contribution in [0.5, 0.6) is 5.75 Å². The minimum absolute atomic E-state index is 0.00737. The van der Waals surface area contributed by atoms with Gasteiger partial charge in [0.15, 0.2) is 5.76 Å². The average Bonchev–Trinajstić information content (AvgIpc) is 2.59. The number of alkyl halides is 3. The number of methoxy groups -OCH3 is 1. The number of nitrogens with zero attached hydrogens (tertiary/aromatic N) is 1. The molecule has 1 aromatic heterocycles. The lowest BCUT2D eigenvalue weighted by Crippen LogP contribution is -2.28. The molecule has 26 heavy (non-hydrogen) atoms. The number of benzene rings is 1. The van der Waals surface area contributed by atoms with Crippen molar-refractivity contribution in [2.75, 3.05) is 7.11 Å². The van der Waals surface area contributed by atoms with E-state index in [0.717, 1.165) is 6.07 Å². The number of nitrogens with two attached hydrogens (primary N) is 1. The zero-order valence-corrected chi connectivity index (χ0v) is 13.3. The number of allylic oxidation sites excluding steroid dienone is 2. The van der Waals surface area contributed by atoms with E-state index in [2.05, 4.69) is 9.72 Å². The summed E-state index contributed by atoms with van der Waals surface area (Å²) in [4.78, 5) is 28.7. The molecule has 1 aliphatic rings. The normalized spacial score (nSPS) is 14.3. The third-order valence-electron chi connectivity index (χ3n) is 3.64. The lowest BCUT2D eigenvalue weighted by molar-refractivity contribution is -0.274. The molecule has 0 spiro atoms. The summed E-state index contributed by atoms with van der Waals surface area (Å²) in [6, 6.07) is 7.93. The van der Waals surface area contributed by atoms with Gasteiger partial charge in [0.1, 0.15) is 17.1 Å². The minimum atomic E-state index is -4.89. The number of Topliss-reactive ketones (excluding diaryl/α,β-unsaturated/α-hetero) is 2. The van der Waals surface area contributed by atoms with Gasteiger partial charge in [0.25, 0.3) is 0 Å². The Balaban J connectivity index is 2.11. The molecule has 0 amide bonds. The van der Waals surface area contributed by atoms with Crippen LogP contribution in [0.4, 0.5) is 13.2 Å². The monoisotopic (exact) mass is 364 g/mol. The number of aromatic nitrogens is 1. The SMILES string of the molecule is COC1=C(N)C(=O)c2nc(-c3ccccc3OC(F)(F)F)ccc2C1=O. The van der Waals surface area contributed by atoms with Gasteiger partial charge in [0, 0.05) is 5.56 Å². The molecule has 2 aromatic rings. The van der Waals surface area contributed by atoms with E-state index in [1.807, 2.05) is 0 Å². The van der Waals surface area contributed by atoms with E-state index in [-0.39, 0.29) is 28.3 Å². The van der Waals surface area contributed by atoms with Crippen molar-refractivity contribution in [2.24, 2.45) is 5.73 Å². The molecule has 0 saturated carbocycles. The first-order valence-corrected chi connectivity index (χ1v) is 7.22. The lowest BCUT2D eigenvalue weighted by Gasteiger charge is -2.18. The second-order valence-corrected chi connectivity index (χ2v) is 5.24. The van der Waals surface area contributed by atoms with Gasteiger partial charge in [0.05, 0.1) is 18.4 Å². The molecule has 0 aliphatic heterocycles. The van der Waals surface area contributed by atoms with E-state index in [1.165, 1.54) is 37.4 Å². The first kappa shape index (κ1) is 17.5. The van der Waals surface area contributed by atoms with Crippen molar-refractivity contribution in [3.63, 3.8) is 0 Å². The van der Waals surface area contributed by atoms with Gasteiger partial charge >= 0.3 is 6.36 Å². The molecular formula is C17H11F3N2O4. The highest BCUT2D eigenvalue weighted by Gasteiger charge is 2.35. The number of para-hydroxylation sites is 1. The molecule has 9 heteroatoms. The Morgan fingerprint density at radius 2 is 1.69 bits per heavy atom. The van der Waals surface area contributed by atoms with E-state index in [9.17, 15) is 22.8 Å². The number of fused-ring (bicyclic) bond motifs is 1. The molecule has 0 saturated heterocycles. The summed E-state index contributed by atoms with van der Waals surface area (Å²) in [6.07, 6.45) is -4.89. The maximum absolute atomic E-state index is 12.6. The molecular weight excluding hydrogens is 353 g/mol. The Kier molecular flexibility index (Phi) is 4.15. The van der Waals surface area contributed by atoms with Gasteiger partial charge in [-0.15, -0.1) is 13.2 Å². The molecule has 134 valence electrons. The van der Waals surface area contributed by atoms with Crippen LogP contribution in [0.25, 0.3) is 11.3 Å². The summed E-state index contributed by atoms with van der Waals surface area (Å²) < 4.78 is 46.6. The van der Waals surface area contributed by atoms with Crippen LogP contribution >= 0.6 is 0 Å². The van der Waals surface area contributed by atoms with E-state index in [0.29, 0.717) is 0 Å². The van der Waals surface area contributed by atoms with Crippen LogP contribution in [0.15, 0.2) is 47.9 Å². The van der Waals surface area contributed by atoms with Gasteiger partial charge in [-0.05, 0) is 24.3 Å². The number of rotatable bonds is 3. The maximum Gasteiger partial charge on any atom is 0.573 e. The van der Waals surface area contributed by atoms with Crippen LogP contribution in [-0.2, 0) is 4.74 Å². The zero-order chi connectivity index (χ0) is 19.1. The number of carbonyl (C=O) groups excluding carboxylic acids is 2. The summed E-state index contributed by atoms with van der Waals surface area (Å²) in [5.74, 6) is -2.15. The molecule has 1 heterocycles. The number of halogens is 3. The number of pyridine rings is 1. The van der Waals surface area contributed by atoms with Crippen LogP contribution in [0.2, 0.25) is 0 Å². The van der Waals surface area contributed by atoms with Gasteiger partial charge in [-0.2, -0.15) is 0 Å². The van der Waals surface area contributed by atoms with E-state index in [1.54, 1.807) is 0 Å². The summed E-state index contributed by atoms with van der Waals surface area (Å²) in [6.45, 7) is 0. The van der Waals surface area contributed by atoms with Crippen molar-refractivity contribution >= 4 is 11.6 Å². The molecule has 0 radical (unpaired) electrons. The fourth-order valence-electron chi connectivity index (χ4n) is 2.54. The van der Waals surface area contributed by atoms with E-state index < -0.39 is 29.4 Å². The predicted molar refractivity (Wildman–Crippen MR) is 83.2 cm³/mol. The van der Waals surface area contributed by atoms with Crippen LogP contribution in [0.3, 0.4) is 0 Å². The van der Waals surface area contributed by atoms with Gasteiger partial charge in [-0.1, -0.05) is 12.1 Å². The Morgan fingerprint density at radius 3 is 2.35 bits per heavy atom. The Bertz CT molecular complexity index is 951. The summed E-state index contributed by atoms with van der Waals surface area (Å²) in [5.41, 5.74) is 4.94. The first-order chi connectivity index (χ1) is 12.2. The molecule has 1 aromatic carbocycles. The summed E-state index contributed by atoms with van der Waals surface area (Å²) >= 11 is 0. The second-order valence-electron chi connectivity index (χ2n) is 5.24. The quantitative estimate of drug-likeness (QED) is 0.901. The highest BCUT2D eigenvalue weighted by molar-refractivity contribution is 6.25.